The molecule has 2 aromatic rings. The summed E-state index contributed by atoms with van der Waals surface area (Å²) >= 11 is 8.05. The normalized spacial score (nSPS) is 17.5. The second kappa shape index (κ2) is 3.82. The van der Waals surface area contributed by atoms with E-state index in [0.717, 1.165) is 17.6 Å². The zero-order valence-electron chi connectivity index (χ0n) is 9.61. The fourth-order valence-corrected chi connectivity index (χ4v) is 3.13. The van der Waals surface area contributed by atoms with E-state index >= 15 is 0 Å². The maximum atomic E-state index is 6.13. The molecule has 0 aliphatic heterocycles. The smallest absolute Gasteiger partial charge is 0.201 e. The van der Waals surface area contributed by atoms with Crippen molar-refractivity contribution >= 4 is 40.3 Å². The highest BCUT2D eigenvalue weighted by atomic mass is 35.5. The molecule has 0 bridgehead atoms. The summed E-state index contributed by atoms with van der Waals surface area (Å²) in [5.74, 6) is 0.563. The van der Waals surface area contributed by atoms with Crippen molar-refractivity contribution in [1.82, 2.24) is 9.55 Å². The molecule has 1 heterocycles. The fraction of sp³-hybridized carbons (Fsp3) is 0.417. The van der Waals surface area contributed by atoms with E-state index in [1.54, 1.807) is 0 Å². The Balaban J connectivity index is 2.09. The lowest BCUT2D eigenvalue weighted by Gasteiger charge is -2.14. The molecule has 0 unspecified atom stereocenters. The van der Waals surface area contributed by atoms with Crippen molar-refractivity contribution in [3.05, 3.63) is 23.2 Å². The van der Waals surface area contributed by atoms with Crippen LogP contribution in [-0.2, 0) is 6.54 Å². The highest BCUT2D eigenvalue weighted by Gasteiger charge is 2.42. The van der Waals surface area contributed by atoms with Gasteiger partial charge in [-0.1, -0.05) is 17.7 Å². The number of imidazole rings is 1. The first-order valence-corrected chi connectivity index (χ1v) is 7.21. The molecule has 0 saturated heterocycles. The molecule has 1 fully saturated rings. The molecule has 5 heteroatoms. The van der Waals surface area contributed by atoms with Crippen LogP contribution < -0.4 is 5.73 Å². The van der Waals surface area contributed by atoms with Gasteiger partial charge in [0.25, 0.3) is 0 Å². The van der Waals surface area contributed by atoms with Crippen molar-refractivity contribution in [3.8, 4) is 0 Å². The topological polar surface area (TPSA) is 43.8 Å². The average molecular weight is 268 g/mol. The Morgan fingerprint density at radius 3 is 2.94 bits per heavy atom. The molecule has 90 valence electrons. The van der Waals surface area contributed by atoms with Crippen LogP contribution >= 0.6 is 23.4 Å². The predicted molar refractivity (Wildman–Crippen MR) is 74.6 cm³/mol. The van der Waals surface area contributed by atoms with Gasteiger partial charge in [0.2, 0.25) is 5.95 Å². The predicted octanol–water partition coefficient (Wildman–Crippen LogP) is 3.17. The van der Waals surface area contributed by atoms with E-state index in [2.05, 4.69) is 15.8 Å². The van der Waals surface area contributed by atoms with Gasteiger partial charge in [-0.2, -0.15) is 11.8 Å². The van der Waals surface area contributed by atoms with E-state index in [0.29, 0.717) is 15.7 Å². The summed E-state index contributed by atoms with van der Waals surface area (Å²) in [6, 6.07) is 5.82. The molecule has 3 nitrogen and oxygen atoms in total. The molecular formula is C12H14ClN3S. The molecule has 0 atom stereocenters. The van der Waals surface area contributed by atoms with E-state index in [1.807, 2.05) is 30.0 Å². The van der Waals surface area contributed by atoms with Gasteiger partial charge >= 0.3 is 0 Å². The number of halogens is 1. The zero-order valence-corrected chi connectivity index (χ0v) is 11.2. The molecule has 3 rings (SSSR count). The van der Waals surface area contributed by atoms with Gasteiger partial charge in [-0.25, -0.2) is 4.98 Å². The van der Waals surface area contributed by atoms with E-state index in [-0.39, 0.29) is 0 Å². The quantitative estimate of drug-likeness (QED) is 0.929. The average Bonchev–Trinajstić information content (AvgIpc) is 3.02. The van der Waals surface area contributed by atoms with E-state index in [4.69, 9.17) is 17.3 Å². The van der Waals surface area contributed by atoms with Gasteiger partial charge in [0, 0.05) is 11.3 Å². The van der Waals surface area contributed by atoms with Crippen molar-refractivity contribution in [3.63, 3.8) is 0 Å². The number of hydrogen-bond donors (Lipinski definition) is 1. The largest absolute Gasteiger partial charge is 0.369 e. The lowest BCUT2D eigenvalue weighted by Crippen LogP contribution is -2.15. The summed E-state index contributed by atoms with van der Waals surface area (Å²) in [4.78, 5) is 4.36. The first kappa shape index (κ1) is 11.2. The van der Waals surface area contributed by atoms with E-state index < -0.39 is 0 Å². The highest BCUT2D eigenvalue weighted by Crippen LogP contribution is 2.49. The van der Waals surface area contributed by atoms with Crippen LogP contribution in [0.5, 0.6) is 0 Å². The first-order chi connectivity index (χ1) is 8.15. The van der Waals surface area contributed by atoms with Gasteiger partial charge in [-0.15, -0.1) is 0 Å². The molecule has 2 N–H and O–H groups in total. The number of rotatable bonds is 3. The number of aromatic nitrogens is 2. The summed E-state index contributed by atoms with van der Waals surface area (Å²) in [5, 5.41) is 0.668. The first-order valence-electron chi connectivity index (χ1n) is 5.61. The summed E-state index contributed by atoms with van der Waals surface area (Å²) in [5.41, 5.74) is 7.84. The number of nitrogen functional groups attached to an aromatic ring is 1. The van der Waals surface area contributed by atoms with Gasteiger partial charge in [-0.05, 0) is 31.2 Å². The molecule has 1 saturated carbocycles. The van der Waals surface area contributed by atoms with Crippen LogP contribution in [0.1, 0.15) is 12.8 Å². The second-order valence-electron chi connectivity index (χ2n) is 4.55. The third-order valence-electron chi connectivity index (χ3n) is 3.45. The number of hydrogen-bond acceptors (Lipinski definition) is 3. The lowest BCUT2D eigenvalue weighted by molar-refractivity contribution is 0.687. The number of para-hydroxylation sites is 1. The molecular weight excluding hydrogens is 254 g/mol. The van der Waals surface area contributed by atoms with Gasteiger partial charge < -0.3 is 10.3 Å². The van der Waals surface area contributed by atoms with Crippen LogP contribution in [0.2, 0.25) is 5.02 Å². The minimum Gasteiger partial charge on any atom is -0.369 e. The maximum Gasteiger partial charge on any atom is 0.201 e. The van der Waals surface area contributed by atoms with Crippen molar-refractivity contribution in [2.75, 3.05) is 12.0 Å². The zero-order chi connectivity index (χ0) is 12.0. The Hall–Kier alpha value is -0.870. The van der Waals surface area contributed by atoms with Gasteiger partial charge in [0.15, 0.2) is 0 Å². The van der Waals surface area contributed by atoms with Crippen molar-refractivity contribution in [2.24, 2.45) is 0 Å². The maximum absolute atomic E-state index is 6.13. The third kappa shape index (κ3) is 1.79. The minimum atomic E-state index is 0.365. The van der Waals surface area contributed by atoms with Gasteiger partial charge in [0.05, 0.1) is 10.5 Å². The lowest BCUT2D eigenvalue weighted by atomic mass is 10.3. The highest BCUT2D eigenvalue weighted by molar-refractivity contribution is 8.00. The molecule has 0 spiro atoms. The number of thioether (sulfide) groups is 1. The summed E-state index contributed by atoms with van der Waals surface area (Å²) < 4.78 is 2.45. The van der Waals surface area contributed by atoms with Crippen molar-refractivity contribution in [2.45, 2.75) is 24.1 Å². The Labute approximate surface area is 109 Å². The Kier molecular flexibility index (Phi) is 2.52. The molecule has 17 heavy (non-hydrogen) atoms. The summed E-state index contributed by atoms with van der Waals surface area (Å²) in [7, 11) is 0. The monoisotopic (exact) mass is 267 g/mol. The Bertz CT molecular complexity index is 574. The minimum absolute atomic E-state index is 0.365. The molecule has 1 aromatic carbocycles. The number of anilines is 1. The molecule has 0 amide bonds. The summed E-state index contributed by atoms with van der Waals surface area (Å²) in [6.45, 7) is 0.927. The molecule has 1 aliphatic carbocycles. The fourth-order valence-electron chi connectivity index (χ4n) is 2.15. The third-order valence-corrected chi connectivity index (χ3v) is 5.15. The van der Waals surface area contributed by atoms with Crippen LogP contribution in [0.4, 0.5) is 5.95 Å². The van der Waals surface area contributed by atoms with Crippen LogP contribution in [-0.4, -0.2) is 20.6 Å². The van der Waals surface area contributed by atoms with Crippen LogP contribution in [0.15, 0.2) is 18.2 Å². The summed E-state index contributed by atoms with van der Waals surface area (Å²) in [6.07, 6.45) is 4.68. The molecule has 1 aliphatic rings. The number of benzene rings is 1. The number of nitrogens with two attached hydrogens (primary N) is 1. The number of nitrogens with zero attached hydrogens (tertiary/aromatic N) is 2. The molecule has 1 aromatic heterocycles. The van der Waals surface area contributed by atoms with Crippen LogP contribution in [0.25, 0.3) is 11.0 Å². The Morgan fingerprint density at radius 2 is 2.29 bits per heavy atom. The number of fused-ring (bicyclic) bond motifs is 1. The van der Waals surface area contributed by atoms with E-state index in [9.17, 15) is 0 Å². The van der Waals surface area contributed by atoms with E-state index in [1.165, 1.54) is 12.8 Å². The van der Waals surface area contributed by atoms with Crippen molar-refractivity contribution in [1.29, 1.82) is 0 Å². The Morgan fingerprint density at radius 1 is 1.53 bits per heavy atom. The SMILES string of the molecule is CSC1(Cn2c(N)nc3c(Cl)cccc32)CC1. The second-order valence-corrected chi connectivity index (χ2v) is 6.23. The standard InChI is InChI=1S/C12H14ClN3S/c1-17-12(5-6-12)7-16-9-4-2-3-8(13)10(9)15-11(16)14/h2-4H,5-7H2,1H3,(H2,14,15). The van der Waals surface area contributed by atoms with Gasteiger partial charge in [0.1, 0.15) is 5.52 Å². The van der Waals surface area contributed by atoms with Crippen LogP contribution in [0, 0.1) is 0 Å². The van der Waals surface area contributed by atoms with Gasteiger partial charge in [-0.3, -0.25) is 0 Å². The molecule has 0 radical (unpaired) electrons. The van der Waals surface area contributed by atoms with Crippen LogP contribution in [0.3, 0.4) is 0 Å². The van der Waals surface area contributed by atoms with Crippen molar-refractivity contribution < 1.29 is 0 Å².